The maximum atomic E-state index is 13.7. The van der Waals surface area contributed by atoms with Crippen LogP contribution < -0.4 is 9.47 Å². The lowest BCUT2D eigenvalue weighted by molar-refractivity contribution is -0.138. The second kappa shape index (κ2) is 9.62. The summed E-state index contributed by atoms with van der Waals surface area (Å²) in [6.07, 6.45) is 5.19. The van der Waals surface area contributed by atoms with Crippen molar-refractivity contribution in [3.05, 3.63) is 59.5 Å². The van der Waals surface area contributed by atoms with Gasteiger partial charge >= 0.3 is 0 Å². The lowest BCUT2D eigenvalue weighted by atomic mass is 10.00. The van der Waals surface area contributed by atoms with Crippen molar-refractivity contribution >= 4 is 17.4 Å². The molecule has 0 unspecified atom stereocenters. The molecule has 8 nitrogen and oxygen atoms in total. The van der Waals surface area contributed by atoms with Crippen molar-refractivity contribution in [3.8, 4) is 11.5 Å². The van der Waals surface area contributed by atoms with Crippen LogP contribution in [0.15, 0.2) is 48.4 Å². The predicted octanol–water partition coefficient (Wildman–Crippen LogP) is 2.40. The molecule has 0 aliphatic carbocycles. The summed E-state index contributed by atoms with van der Waals surface area (Å²) < 4.78 is 10.8. The fourth-order valence-electron chi connectivity index (χ4n) is 4.52. The van der Waals surface area contributed by atoms with E-state index in [1.807, 2.05) is 24.1 Å². The number of carbonyl (C=O) groups excluding carboxylic acids is 2. The first kappa shape index (κ1) is 22.8. The zero-order chi connectivity index (χ0) is 23.5. The smallest absolute Gasteiger partial charge is 0.278 e. The normalized spacial score (nSPS) is 17.6. The summed E-state index contributed by atoms with van der Waals surface area (Å²) >= 11 is 0. The van der Waals surface area contributed by atoms with E-state index in [9.17, 15) is 9.59 Å². The second-order valence-corrected chi connectivity index (χ2v) is 8.49. The summed E-state index contributed by atoms with van der Waals surface area (Å²) in [6.45, 7) is 2.11. The number of hydrogen-bond donors (Lipinski definition) is 0. The molecule has 1 aromatic carbocycles. The van der Waals surface area contributed by atoms with Gasteiger partial charge in [-0.15, -0.1) is 0 Å². The molecule has 0 saturated carbocycles. The van der Waals surface area contributed by atoms with E-state index in [-0.39, 0.29) is 24.4 Å². The standard InChI is InChI=1S/C25H30N4O4/c1-27-13-9-19(10-14-27)28(2)23-22(18-5-6-20(32-3)21(15-18)33-4)24(30)29(25(23)31)16-17-7-11-26-12-8-17/h5-8,11-12,15,19H,9-10,13-14,16H2,1-4H3. The summed E-state index contributed by atoms with van der Waals surface area (Å²) in [5.74, 6) is 0.496. The van der Waals surface area contributed by atoms with Gasteiger partial charge in [-0.1, -0.05) is 6.07 Å². The molecule has 1 aromatic heterocycles. The summed E-state index contributed by atoms with van der Waals surface area (Å²) in [6, 6.07) is 9.14. The third-order valence-corrected chi connectivity index (χ3v) is 6.49. The van der Waals surface area contributed by atoms with Crippen molar-refractivity contribution in [2.75, 3.05) is 41.4 Å². The molecule has 2 aliphatic rings. The molecule has 3 heterocycles. The number of likely N-dealkylation sites (tertiary alicyclic amines) is 1. The van der Waals surface area contributed by atoms with Crippen LogP contribution in [0, 0.1) is 0 Å². The molecular formula is C25H30N4O4. The maximum Gasteiger partial charge on any atom is 0.278 e. The SMILES string of the molecule is COc1ccc(C2=C(N(C)C3CCN(C)CC3)C(=O)N(Cc3ccncc3)C2=O)cc1OC. The largest absolute Gasteiger partial charge is 0.493 e. The summed E-state index contributed by atoms with van der Waals surface area (Å²) in [4.78, 5) is 36.9. The van der Waals surface area contributed by atoms with Crippen molar-refractivity contribution in [2.45, 2.75) is 25.4 Å². The molecule has 2 aromatic rings. The highest BCUT2D eigenvalue weighted by molar-refractivity contribution is 6.35. The van der Waals surface area contributed by atoms with Crippen LogP contribution in [0.3, 0.4) is 0 Å². The Morgan fingerprint density at radius 3 is 2.30 bits per heavy atom. The number of hydrogen-bond acceptors (Lipinski definition) is 7. The van der Waals surface area contributed by atoms with E-state index in [1.54, 1.807) is 44.8 Å². The topological polar surface area (TPSA) is 75.2 Å². The number of carbonyl (C=O) groups is 2. The Morgan fingerprint density at radius 1 is 1.00 bits per heavy atom. The third kappa shape index (κ3) is 4.43. The lowest BCUT2D eigenvalue weighted by Crippen LogP contribution is -2.43. The zero-order valence-corrected chi connectivity index (χ0v) is 19.6. The summed E-state index contributed by atoms with van der Waals surface area (Å²) in [5.41, 5.74) is 2.33. The Bertz CT molecular complexity index is 1060. The number of nitrogens with zero attached hydrogens (tertiary/aromatic N) is 4. The number of piperidine rings is 1. The van der Waals surface area contributed by atoms with Crippen molar-refractivity contribution in [1.29, 1.82) is 0 Å². The Balaban J connectivity index is 1.76. The molecule has 1 fully saturated rings. The van der Waals surface area contributed by atoms with Gasteiger partial charge in [0.1, 0.15) is 5.70 Å². The first-order valence-electron chi connectivity index (χ1n) is 11.1. The molecule has 174 valence electrons. The molecule has 8 heteroatoms. The number of benzene rings is 1. The van der Waals surface area contributed by atoms with Crippen molar-refractivity contribution < 1.29 is 19.1 Å². The molecule has 0 N–H and O–H groups in total. The Morgan fingerprint density at radius 2 is 1.67 bits per heavy atom. The summed E-state index contributed by atoms with van der Waals surface area (Å²) in [5, 5.41) is 0. The Labute approximate surface area is 194 Å². The molecule has 0 radical (unpaired) electrons. The van der Waals surface area contributed by atoms with E-state index in [0.717, 1.165) is 31.5 Å². The number of imide groups is 1. The first-order chi connectivity index (χ1) is 15.9. The second-order valence-electron chi connectivity index (χ2n) is 8.49. The van der Waals surface area contributed by atoms with E-state index in [0.29, 0.717) is 28.3 Å². The van der Waals surface area contributed by atoms with Gasteiger partial charge in [-0.05, 0) is 68.4 Å². The molecule has 1 saturated heterocycles. The fraction of sp³-hybridized carbons (Fsp3) is 0.400. The molecular weight excluding hydrogens is 420 g/mol. The van der Waals surface area contributed by atoms with Gasteiger partial charge in [0, 0.05) is 25.5 Å². The average Bonchev–Trinajstić information content (AvgIpc) is 3.09. The number of rotatable bonds is 7. The van der Waals surface area contributed by atoms with Gasteiger partial charge in [0.15, 0.2) is 11.5 Å². The van der Waals surface area contributed by atoms with Crippen molar-refractivity contribution in [2.24, 2.45) is 0 Å². The maximum absolute atomic E-state index is 13.7. The van der Waals surface area contributed by atoms with Gasteiger partial charge in [-0.3, -0.25) is 19.5 Å². The van der Waals surface area contributed by atoms with Gasteiger partial charge < -0.3 is 19.3 Å². The first-order valence-corrected chi connectivity index (χ1v) is 11.1. The van der Waals surface area contributed by atoms with Crippen LogP contribution in [0.4, 0.5) is 0 Å². The highest BCUT2D eigenvalue weighted by Crippen LogP contribution is 2.37. The van der Waals surface area contributed by atoms with E-state index in [1.165, 1.54) is 4.90 Å². The molecule has 4 rings (SSSR count). The number of amides is 2. The van der Waals surface area contributed by atoms with Gasteiger partial charge in [0.2, 0.25) is 0 Å². The molecule has 2 amide bonds. The molecule has 0 bridgehead atoms. The molecule has 33 heavy (non-hydrogen) atoms. The number of ether oxygens (including phenoxy) is 2. The minimum atomic E-state index is -0.307. The van der Waals surface area contributed by atoms with Gasteiger partial charge in [-0.25, -0.2) is 0 Å². The minimum absolute atomic E-state index is 0.184. The molecule has 0 atom stereocenters. The van der Waals surface area contributed by atoms with Crippen LogP contribution in [0.5, 0.6) is 11.5 Å². The van der Waals surface area contributed by atoms with E-state index >= 15 is 0 Å². The highest BCUT2D eigenvalue weighted by Gasteiger charge is 2.42. The molecule has 0 spiro atoms. The van der Waals surface area contributed by atoms with Crippen LogP contribution in [0.2, 0.25) is 0 Å². The van der Waals surface area contributed by atoms with Crippen LogP contribution in [-0.2, 0) is 16.1 Å². The van der Waals surface area contributed by atoms with E-state index < -0.39 is 0 Å². The summed E-state index contributed by atoms with van der Waals surface area (Å²) in [7, 11) is 7.15. The van der Waals surface area contributed by atoms with Crippen LogP contribution in [0.1, 0.15) is 24.0 Å². The van der Waals surface area contributed by atoms with E-state index in [2.05, 4.69) is 16.9 Å². The van der Waals surface area contributed by atoms with Crippen LogP contribution in [0.25, 0.3) is 5.57 Å². The van der Waals surface area contributed by atoms with Gasteiger partial charge in [-0.2, -0.15) is 0 Å². The monoisotopic (exact) mass is 450 g/mol. The van der Waals surface area contributed by atoms with Crippen molar-refractivity contribution in [3.63, 3.8) is 0 Å². The Kier molecular flexibility index (Phi) is 6.65. The number of methoxy groups -OCH3 is 2. The highest BCUT2D eigenvalue weighted by atomic mass is 16.5. The van der Waals surface area contributed by atoms with Crippen molar-refractivity contribution in [1.82, 2.24) is 19.7 Å². The minimum Gasteiger partial charge on any atom is -0.493 e. The van der Waals surface area contributed by atoms with Crippen LogP contribution >= 0.6 is 0 Å². The number of pyridine rings is 1. The zero-order valence-electron chi connectivity index (χ0n) is 19.6. The van der Waals surface area contributed by atoms with Gasteiger partial charge in [0.25, 0.3) is 11.8 Å². The average molecular weight is 451 g/mol. The number of likely N-dealkylation sites (N-methyl/N-ethyl adjacent to an activating group) is 1. The fourth-order valence-corrected chi connectivity index (χ4v) is 4.52. The van der Waals surface area contributed by atoms with E-state index in [4.69, 9.17) is 9.47 Å². The molecule has 2 aliphatic heterocycles. The van der Waals surface area contributed by atoms with Crippen LogP contribution in [-0.4, -0.2) is 78.9 Å². The lowest BCUT2D eigenvalue weighted by Gasteiger charge is -2.36. The third-order valence-electron chi connectivity index (χ3n) is 6.49. The quantitative estimate of drug-likeness (QED) is 0.600. The predicted molar refractivity (Wildman–Crippen MR) is 125 cm³/mol. The van der Waals surface area contributed by atoms with Gasteiger partial charge in [0.05, 0.1) is 26.3 Å². The Hall–Kier alpha value is -3.39. The number of aromatic nitrogens is 1.